The first-order valence-electron chi connectivity index (χ1n) is 7.48. The molecule has 0 unspecified atom stereocenters. The summed E-state index contributed by atoms with van der Waals surface area (Å²) in [5.74, 6) is -0.569. The summed E-state index contributed by atoms with van der Waals surface area (Å²) in [6, 6.07) is 5.23. The van der Waals surface area contributed by atoms with Crippen molar-refractivity contribution in [3.8, 4) is 0 Å². The molecule has 2 heterocycles. The van der Waals surface area contributed by atoms with E-state index in [-0.39, 0.29) is 5.91 Å². The number of rotatable bonds is 3. The Morgan fingerprint density at radius 2 is 2.05 bits per heavy atom. The van der Waals surface area contributed by atoms with Gasteiger partial charge in [-0.1, -0.05) is 0 Å². The first-order chi connectivity index (χ1) is 10.6. The zero-order chi connectivity index (χ0) is 15.5. The van der Waals surface area contributed by atoms with E-state index in [0.717, 1.165) is 42.6 Å². The fourth-order valence-corrected chi connectivity index (χ4v) is 3.35. The Bertz CT molecular complexity index is 692. The Labute approximate surface area is 132 Å². The van der Waals surface area contributed by atoms with Crippen LogP contribution < -0.4 is 0 Å². The first kappa shape index (κ1) is 15.0. The van der Waals surface area contributed by atoms with Crippen molar-refractivity contribution in [2.75, 3.05) is 13.1 Å². The number of carbonyl (C=O) groups excluding carboxylic acids is 2. The van der Waals surface area contributed by atoms with Crippen LogP contribution in [-0.2, 0) is 9.53 Å². The number of thiazole rings is 1. The van der Waals surface area contributed by atoms with E-state index in [1.54, 1.807) is 35.5 Å². The zero-order valence-electron chi connectivity index (χ0n) is 12.4. The van der Waals surface area contributed by atoms with E-state index in [0.29, 0.717) is 5.56 Å². The molecule has 0 radical (unpaired) electrons. The lowest BCUT2D eigenvalue weighted by atomic mass is 10.1. The molecule has 1 aromatic carbocycles. The van der Waals surface area contributed by atoms with Crippen LogP contribution >= 0.6 is 11.3 Å². The molecule has 1 fully saturated rings. The van der Waals surface area contributed by atoms with Crippen molar-refractivity contribution < 1.29 is 14.3 Å². The number of likely N-dealkylation sites (tertiary alicyclic amines) is 1. The molecular formula is C16H18N2O3S. The molecule has 2 aromatic rings. The van der Waals surface area contributed by atoms with Gasteiger partial charge < -0.3 is 9.64 Å². The van der Waals surface area contributed by atoms with E-state index in [1.807, 2.05) is 0 Å². The second-order valence-corrected chi connectivity index (χ2v) is 6.35. The van der Waals surface area contributed by atoms with E-state index < -0.39 is 12.1 Å². The van der Waals surface area contributed by atoms with Gasteiger partial charge in [0.15, 0.2) is 6.10 Å². The molecule has 0 saturated carbocycles. The van der Waals surface area contributed by atoms with Gasteiger partial charge in [-0.3, -0.25) is 4.79 Å². The van der Waals surface area contributed by atoms with Gasteiger partial charge in [0.1, 0.15) is 0 Å². The van der Waals surface area contributed by atoms with Crippen molar-refractivity contribution in [1.82, 2.24) is 9.88 Å². The Hall–Kier alpha value is -1.95. The van der Waals surface area contributed by atoms with E-state index in [9.17, 15) is 9.59 Å². The third-order valence-electron chi connectivity index (χ3n) is 3.87. The number of fused-ring (bicyclic) bond motifs is 1. The Morgan fingerprint density at radius 1 is 1.27 bits per heavy atom. The van der Waals surface area contributed by atoms with Crippen molar-refractivity contribution in [3.63, 3.8) is 0 Å². The van der Waals surface area contributed by atoms with Crippen molar-refractivity contribution in [2.45, 2.75) is 32.3 Å². The molecule has 1 aliphatic heterocycles. The summed E-state index contributed by atoms with van der Waals surface area (Å²) in [6.07, 6.45) is 2.46. The summed E-state index contributed by atoms with van der Waals surface area (Å²) >= 11 is 1.47. The number of hydrogen-bond donors (Lipinski definition) is 0. The minimum absolute atomic E-state index is 0.105. The van der Waals surface area contributed by atoms with Crippen molar-refractivity contribution in [1.29, 1.82) is 0 Å². The third-order valence-corrected chi connectivity index (χ3v) is 4.66. The summed E-state index contributed by atoms with van der Waals surface area (Å²) in [5, 5.41) is 0. The van der Waals surface area contributed by atoms with Crippen LogP contribution in [0.25, 0.3) is 10.2 Å². The minimum Gasteiger partial charge on any atom is -0.449 e. The number of benzene rings is 1. The summed E-state index contributed by atoms with van der Waals surface area (Å²) in [7, 11) is 0. The highest BCUT2D eigenvalue weighted by Crippen LogP contribution is 2.20. The number of aromatic nitrogens is 1. The van der Waals surface area contributed by atoms with E-state index in [2.05, 4.69) is 4.98 Å². The molecule has 0 bridgehead atoms. The average molecular weight is 318 g/mol. The van der Waals surface area contributed by atoms with Gasteiger partial charge in [-0.15, -0.1) is 11.3 Å². The van der Waals surface area contributed by atoms with Crippen LogP contribution in [0.5, 0.6) is 0 Å². The van der Waals surface area contributed by atoms with Gasteiger partial charge in [-0.2, -0.15) is 0 Å². The van der Waals surface area contributed by atoms with Crippen LogP contribution in [0.4, 0.5) is 0 Å². The molecular weight excluding hydrogens is 300 g/mol. The highest BCUT2D eigenvalue weighted by atomic mass is 32.1. The van der Waals surface area contributed by atoms with Crippen molar-refractivity contribution in [2.24, 2.45) is 0 Å². The predicted octanol–water partition coefficient (Wildman–Crippen LogP) is 2.85. The van der Waals surface area contributed by atoms with Gasteiger partial charge >= 0.3 is 5.97 Å². The fraction of sp³-hybridized carbons (Fsp3) is 0.438. The van der Waals surface area contributed by atoms with E-state index >= 15 is 0 Å². The smallest absolute Gasteiger partial charge is 0.338 e. The second kappa shape index (κ2) is 6.44. The maximum absolute atomic E-state index is 12.3. The maximum atomic E-state index is 12.3. The van der Waals surface area contributed by atoms with Gasteiger partial charge in [0.05, 0.1) is 21.3 Å². The first-order valence-corrected chi connectivity index (χ1v) is 8.36. The summed E-state index contributed by atoms with van der Waals surface area (Å²) in [6.45, 7) is 3.15. The summed E-state index contributed by atoms with van der Waals surface area (Å²) in [4.78, 5) is 30.4. The third kappa shape index (κ3) is 3.11. The van der Waals surface area contributed by atoms with E-state index in [4.69, 9.17) is 4.74 Å². The normalized spacial score (nSPS) is 16.5. The molecule has 22 heavy (non-hydrogen) atoms. The van der Waals surface area contributed by atoms with Crippen molar-refractivity contribution >= 4 is 33.4 Å². The molecule has 1 saturated heterocycles. The monoisotopic (exact) mass is 318 g/mol. The van der Waals surface area contributed by atoms with Gasteiger partial charge in [0, 0.05) is 13.1 Å². The summed E-state index contributed by atoms with van der Waals surface area (Å²) < 4.78 is 6.27. The molecule has 1 aliphatic rings. The number of esters is 1. The molecule has 6 heteroatoms. The van der Waals surface area contributed by atoms with E-state index in [1.165, 1.54) is 11.3 Å². The van der Waals surface area contributed by atoms with Crippen LogP contribution in [0.15, 0.2) is 23.7 Å². The molecule has 1 aromatic heterocycles. The molecule has 0 aliphatic carbocycles. The lowest BCUT2D eigenvalue weighted by molar-refractivity contribution is -0.140. The van der Waals surface area contributed by atoms with Crippen LogP contribution in [0.1, 0.15) is 36.5 Å². The predicted molar refractivity (Wildman–Crippen MR) is 84.9 cm³/mol. The number of amides is 1. The second-order valence-electron chi connectivity index (χ2n) is 5.47. The van der Waals surface area contributed by atoms with Gasteiger partial charge in [-0.05, 0) is 44.4 Å². The summed E-state index contributed by atoms with van der Waals surface area (Å²) in [5.41, 5.74) is 3.05. The highest BCUT2D eigenvalue weighted by molar-refractivity contribution is 7.16. The largest absolute Gasteiger partial charge is 0.449 e. The van der Waals surface area contributed by atoms with Gasteiger partial charge in [-0.25, -0.2) is 9.78 Å². The lowest BCUT2D eigenvalue weighted by Gasteiger charge is -2.28. The lowest BCUT2D eigenvalue weighted by Crippen LogP contribution is -2.42. The topological polar surface area (TPSA) is 59.5 Å². The minimum atomic E-state index is -0.747. The van der Waals surface area contributed by atoms with Crippen LogP contribution in [0.3, 0.4) is 0 Å². The van der Waals surface area contributed by atoms with Crippen LogP contribution in [0, 0.1) is 0 Å². The standard InChI is InChI=1S/C16H18N2O3S/c1-11(15(19)18-7-3-2-4-8-18)21-16(20)12-5-6-13-14(9-12)22-10-17-13/h5-6,9-11H,2-4,7-8H2,1H3/t11-/m1/s1. The highest BCUT2D eigenvalue weighted by Gasteiger charge is 2.25. The quantitative estimate of drug-likeness (QED) is 0.817. The zero-order valence-corrected chi connectivity index (χ0v) is 13.3. The molecule has 116 valence electrons. The maximum Gasteiger partial charge on any atom is 0.338 e. The van der Waals surface area contributed by atoms with Crippen molar-refractivity contribution in [3.05, 3.63) is 29.3 Å². The Morgan fingerprint density at radius 3 is 2.82 bits per heavy atom. The number of nitrogens with zero attached hydrogens (tertiary/aromatic N) is 2. The van der Waals surface area contributed by atoms with Gasteiger partial charge in [0.25, 0.3) is 5.91 Å². The van der Waals surface area contributed by atoms with Gasteiger partial charge in [0.2, 0.25) is 0 Å². The SMILES string of the molecule is C[C@@H](OC(=O)c1ccc2ncsc2c1)C(=O)N1CCCCC1. The number of carbonyl (C=O) groups is 2. The molecule has 0 N–H and O–H groups in total. The number of ether oxygens (including phenoxy) is 1. The molecule has 1 amide bonds. The number of piperidine rings is 1. The number of hydrogen-bond acceptors (Lipinski definition) is 5. The Balaban J connectivity index is 1.65. The molecule has 3 rings (SSSR count). The average Bonchev–Trinajstić information content (AvgIpc) is 3.02. The fourth-order valence-electron chi connectivity index (χ4n) is 2.63. The van der Waals surface area contributed by atoms with Crippen LogP contribution in [0.2, 0.25) is 0 Å². The Kier molecular flexibility index (Phi) is 4.38. The molecule has 0 spiro atoms. The molecule has 1 atom stereocenters. The van der Waals surface area contributed by atoms with Crippen LogP contribution in [-0.4, -0.2) is 41.0 Å². The molecule has 5 nitrogen and oxygen atoms in total.